The van der Waals surface area contributed by atoms with Crippen molar-refractivity contribution in [1.29, 1.82) is 5.26 Å². The van der Waals surface area contributed by atoms with Gasteiger partial charge >= 0.3 is 6.18 Å². The lowest BCUT2D eigenvalue weighted by Gasteiger charge is -2.15. The summed E-state index contributed by atoms with van der Waals surface area (Å²) in [6, 6.07) is 7.93. The molecule has 9 nitrogen and oxygen atoms in total. The molecular formula is C20H13Cl2F3N8O. The van der Waals surface area contributed by atoms with Crippen LogP contribution in [0.1, 0.15) is 5.56 Å². The van der Waals surface area contributed by atoms with Gasteiger partial charge in [-0.2, -0.15) is 23.5 Å². The van der Waals surface area contributed by atoms with Crippen LogP contribution in [-0.4, -0.2) is 48.7 Å². The molecule has 0 saturated carbocycles. The summed E-state index contributed by atoms with van der Waals surface area (Å²) in [5.74, 6) is 0.657. The third-order valence-corrected chi connectivity index (χ3v) is 5.16. The molecule has 4 rings (SSSR count). The van der Waals surface area contributed by atoms with E-state index in [2.05, 4.69) is 30.7 Å². The number of fused-ring (bicyclic) bond motifs is 1. The lowest BCUT2D eigenvalue weighted by molar-refractivity contribution is -0.198. The normalized spacial score (nSPS) is 12.4. The average Bonchev–Trinajstić information content (AvgIpc) is 3.19. The second-order valence-electron chi connectivity index (χ2n) is 6.94. The first-order chi connectivity index (χ1) is 16.2. The average molecular weight is 509 g/mol. The third kappa shape index (κ3) is 4.96. The number of nitrogens with zero attached hydrogens (tertiary/aromatic N) is 6. The molecule has 174 valence electrons. The molecule has 3 N–H and O–H groups in total. The van der Waals surface area contributed by atoms with E-state index in [1.165, 1.54) is 22.9 Å². The summed E-state index contributed by atoms with van der Waals surface area (Å²) in [4.78, 5) is 12.1. The fraction of sp³-hybridized carbons (Fsp3) is 0.150. The van der Waals surface area contributed by atoms with Gasteiger partial charge in [-0.3, -0.25) is 0 Å². The van der Waals surface area contributed by atoms with Crippen molar-refractivity contribution in [3.8, 4) is 11.8 Å². The van der Waals surface area contributed by atoms with Crippen LogP contribution in [0.4, 0.5) is 30.6 Å². The molecule has 0 saturated heterocycles. The summed E-state index contributed by atoms with van der Waals surface area (Å²) in [7, 11) is 0. The smallest absolute Gasteiger partial charge is 0.382 e. The molecule has 1 atom stereocenters. The van der Waals surface area contributed by atoms with Gasteiger partial charge in [-0.05, 0) is 12.1 Å². The first-order valence-corrected chi connectivity index (χ1v) is 10.2. The summed E-state index contributed by atoms with van der Waals surface area (Å²) < 4.78 is 38.9. The van der Waals surface area contributed by atoms with E-state index in [4.69, 9.17) is 33.6 Å². The van der Waals surface area contributed by atoms with Gasteiger partial charge in [-0.25, -0.2) is 19.6 Å². The maximum absolute atomic E-state index is 12.5. The van der Waals surface area contributed by atoms with E-state index in [9.17, 15) is 13.2 Å². The SMILES string of the molecule is N#Cc1cc(Cl)c(-n2ncc3cnc(Nc4cc(NC[C@@H](O)C(F)(F)F)ncn4)cc32)c(Cl)c1. The van der Waals surface area contributed by atoms with E-state index in [1.807, 2.05) is 6.07 Å². The second kappa shape index (κ2) is 9.30. The highest BCUT2D eigenvalue weighted by Crippen LogP contribution is 2.32. The molecule has 0 aliphatic rings. The topological polar surface area (TPSA) is 125 Å². The summed E-state index contributed by atoms with van der Waals surface area (Å²) >= 11 is 12.7. The van der Waals surface area contributed by atoms with Crippen molar-refractivity contribution in [2.75, 3.05) is 17.2 Å². The van der Waals surface area contributed by atoms with E-state index in [0.29, 0.717) is 28.0 Å². The van der Waals surface area contributed by atoms with Gasteiger partial charge in [0.25, 0.3) is 0 Å². The number of aliphatic hydroxyl groups is 1. The van der Waals surface area contributed by atoms with Crippen molar-refractivity contribution in [3.63, 3.8) is 0 Å². The highest BCUT2D eigenvalue weighted by Gasteiger charge is 2.37. The van der Waals surface area contributed by atoms with Crippen LogP contribution in [0.2, 0.25) is 10.0 Å². The Morgan fingerprint density at radius 3 is 2.38 bits per heavy atom. The zero-order chi connectivity index (χ0) is 24.5. The van der Waals surface area contributed by atoms with E-state index in [0.717, 1.165) is 6.33 Å². The minimum Gasteiger partial charge on any atom is -0.382 e. The van der Waals surface area contributed by atoms with E-state index in [1.54, 1.807) is 18.5 Å². The number of nitriles is 1. The van der Waals surface area contributed by atoms with Crippen LogP contribution in [0.15, 0.2) is 43.0 Å². The van der Waals surface area contributed by atoms with Gasteiger partial charge in [0.15, 0.2) is 6.10 Å². The standard InChI is InChI=1S/C20H13Cl2F3N8O/c21-12-1-10(5-26)2-13(22)19(12)33-14-3-17(27-6-11(14)7-31-33)32-18-4-16(29-9-30-18)28-8-15(34)20(23,24)25/h1-4,6-7,9,15,34H,8H2,(H2,27,28,29,30,32)/t15-/m1/s1. The summed E-state index contributed by atoms with van der Waals surface area (Å²) in [5.41, 5.74) is 1.27. The number of anilines is 3. The Morgan fingerprint density at radius 2 is 1.71 bits per heavy atom. The molecule has 1 aromatic carbocycles. The van der Waals surface area contributed by atoms with Gasteiger partial charge < -0.3 is 15.7 Å². The van der Waals surface area contributed by atoms with Crippen LogP contribution in [0, 0.1) is 11.3 Å². The fourth-order valence-electron chi connectivity index (χ4n) is 2.97. The molecule has 0 unspecified atom stereocenters. The number of benzene rings is 1. The van der Waals surface area contributed by atoms with Gasteiger partial charge in [-0.1, -0.05) is 23.2 Å². The zero-order valence-corrected chi connectivity index (χ0v) is 18.4. The number of alkyl halides is 3. The van der Waals surface area contributed by atoms with Crippen molar-refractivity contribution in [2.45, 2.75) is 12.3 Å². The number of aliphatic hydroxyl groups excluding tert-OH is 1. The van der Waals surface area contributed by atoms with Crippen LogP contribution >= 0.6 is 23.2 Å². The van der Waals surface area contributed by atoms with E-state index in [-0.39, 0.29) is 21.7 Å². The maximum atomic E-state index is 12.5. The molecule has 4 aromatic rings. The molecule has 34 heavy (non-hydrogen) atoms. The minimum absolute atomic E-state index is 0.0723. The van der Waals surface area contributed by atoms with Gasteiger partial charge in [-0.15, -0.1) is 0 Å². The maximum Gasteiger partial charge on any atom is 0.416 e. The monoisotopic (exact) mass is 508 g/mol. The fourth-order valence-corrected chi connectivity index (χ4v) is 3.62. The van der Waals surface area contributed by atoms with Crippen LogP contribution < -0.4 is 10.6 Å². The summed E-state index contributed by atoms with van der Waals surface area (Å²) in [6.45, 7) is -0.768. The number of rotatable bonds is 6. The molecular weight excluding hydrogens is 496 g/mol. The van der Waals surface area contributed by atoms with Gasteiger partial charge in [0.1, 0.15) is 29.5 Å². The largest absolute Gasteiger partial charge is 0.416 e. The molecule has 0 bridgehead atoms. The molecule has 0 aliphatic carbocycles. The van der Waals surface area contributed by atoms with Crippen molar-refractivity contribution >= 4 is 51.6 Å². The van der Waals surface area contributed by atoms with E-state index >= 15 is 0 Å². The molecule has 0 aliphatic heterocycles. The number of aromatic nitrogens is 5. The molecule has 0 amide bonds. The van der Waals surface area contributed by atoms with Crippen LogP contribution in [-0.2, 0) is 0 Å². The van der Waals surface area contributed by atoms with Crippen molar-refractivity contribution in [2.24, 2.45) is 0 Å². The Hall–Kier alpha value is -3.66. The molecule has 0 fully saturated rings. The molecule has 0 radical (unpaired) electrons. The lowest BCUT2D eigenvalue weighted by atomic mass is 10.2. The van der Waals surface area contributed by atoms with Gasteiger partial charge in [0.05, 0.1) is 39.9 Å². The highest BCUT2D eigenvalue weighted by atomic mass is 35.5. The molecule has 0 spiro atoms. The Balaban J connectivity index is 1.60. The molecule has 14 heteroatoms. The Labute approximate surface area is 199 Å². The number of halogens is 5. The number of pyridine rings is 1. The van der Waals surface area contributed by atoms with Crippen LogP contribution in [0.25, 0.3) is 16.6 Å². The summed E-state index contributed by atoms with van der Waals surface area (Å²) in [5, 5.41) is 29.0. The quantitative estimate of drug-likeness (QED) is 0.348. The van der Waals surface area contributed by atoms with Gasteiger partial charge in [0, 0.05) is 23.7 Å². The minimum atomic E-state index is -4.75. The van der Waals surface area contributed by atoms with Crippen LogP contribution in [0.5, 0.6) is 0 Å². The van der Waals surface area contributed by atoms with E-state index < -0.39 is 18.8 Å². The molecule has 3 heterocycles. The first kappa shape index (κ1) is 23.5. The number of hydrogen-bond acceptors (Lipinski definition) is 8. The Morgan fingerprint density at radius 1 is 1.03 bits per heavy atom. The highest BCUT2D eigenvalue weighted by molar-refractivity contribution is 6.38. The predicted octanol–water partition coefficient (Wildman–Crippen LogP) is 4.47. The Bertz CT molecular complexity index is 1380. The predicted molar refractivity (Wildman–Crippen MR) is 119 cm³/mol. The molecule has 3 aromatic heterocycles. The zero-order valence-electron chi connectivity index (χ0n) is 16.8. The van der Waals surface area contributed by atoms with Crippen molar-refractivity contribution < 1.29 is 18.3 Å². The summed E-state index contributed by atoms with van der Waals surface area (Å²) in [6.07, 6.45) is -3.03. The lowest BCUT2D eigenvalue weighted by Crippen LogP contribution is -2.35. The second-order valence-corrected chi connectivity index (χ2v) is 7.75. The van der Waals surface area contributed by atoms with Crippen molar-refractivity contribution in [3.05, 3.63) is 58.6 Å². The first-order valence-electron chi connectivity index (χ1n) is 9.46. The Kier molecular flexibility index (Phi) is 6.43. The van der Waals surface area contributed by atoms with Gasteiger partial charge in [0.2, 0.25) is 0 Å². The number of nitrogens with one attached hydrogen (secondary N) is 2. The van der Waals surface area contributed by atoms with Crippen LogP contribution in [0.3, 0.4) is 0 Å². The van der Waals surface area contributed by atoms with Crippen molar-refractivity contribution in [1.82, 2.24) is 24.7 Å². The number of hydrogen-bond donors (Lipinski definition) is 3. The third-order valence-electron chi connectivity index (χ3n) is 4.59.